The number of nitrogens with zero attached hydrogens (tertiary/aromatic N) is 1. The van der Waals surface area contributed by atoms with Gasteiger partial charge in [-0.25, -0.2) is 4.79 Å². The molecular formula is C31H50N3O8P. The number of aliphatic hydroxyl groups excluding tert-OH is 1. The third-order valence-electron chi connectivity index (χ3n) is 7.10. The monoisotopic (exact) mass is 623 g/mol. The molecule has 0 saturated carbocycles. The molecule has 3 unspecified atom stereocenters. The summed E-state index contributed by atoms with van der Waals surface area (Å²) in [6.07, 6.45) is 4.84. The first-order chi connectivity index (χ1) is 20.4. The molecule has 12 heteroatoms. The van der Waals surface area contributed by atoms with E-state index in [9.17, 15) is 24.1 Å². The largest absolute Gasteiger partial charge is 0.446 e. The van der Waals surface area contributed by atoms with E-state index in [-0.39, 0.29) is 37.9 Å². The predicted molar refractivity (Wildman–Crippen MR) is 165 cm³/mol. The van der Waals surface area contributed by atoms with E-state index >= 15 is 0 Å². The van der Waals surface area contributed by atoms with Crippen molar-refractivity contribution >= 4 is 25.5 Å². The fraction of sp³-hybridized carbons (Fsp3) is 0.645. The number of benzene rings is 1. The molecule has 0 fully saturated rings. The second kappa shape index (κ2) is 18.2. The van der Waals surface area contributed by atoms with Gasteiger partial charge in [-0.1, -0.05) is 56.3 Å². The van der Waals surface area contributed by atoms with Crippen molar-refractivity contribution in [3.05, 3.63) is 48.0 Å². The first-order valence-electron chi connectivity index (χ1n) is 15.1. The number of amides is 3. The van der Waals surface area contributed by atoms with Crippen LogP contribution in [-0.4, -0.2) is 79.3 Å². The Bertz CT molecular complexity index is 1090. The van der Waals surface area contributed by atoms with Gasteiger partial charge in [0.25, 0.3) is 0 Å². The van der Waals surface area contributed by atoms with Crippen molar-refractivity contribution in [1.82, 2.24) is 15.5 Å². The molecule has 0 spiro atoms. The van der Waals surface area contributed by atoms with Crippen LogP contribution >= 0.6 is 7.60 Å². The van der Waals surface area contributed by atoms with Crippen molar-refractivity contribution in [3.63, 3.8) is 0 Å². The van der Waals surface area contributed by atoms with Gasteiger partial charge in [0.05, 0.1) is 19.3 Å². The van der Waals surface area contributed by atoms with Crippen LogP contribution in [0.25, 0.3) is 0 Å². The Labute approximate surface area is 256 Å². The lowest BCUT2D eigenvalue weighted by atomic mass is 9.94. The van der Waals surface area contributed by atoms with E-state index in [0.717, 1.165) is 5.56 Å². The Balaban J connectivity index is 2.49. The molecule has 43 heavy (non-hydrogen) atoms. The van der Waals surface area contributed by atoms with Crippen molar-refractivity contribution in [2.24, 2.45) is 11.8 Å². The summed E-state index contributed by atoms with van der Waals surface area (Å²) in [6, 6.07) is 7.51. The molecule has 0 radical (unpaired) electrons. The molecule has 3 N–H and O–H groups in total. The molecule has 1 heterocycles. The van der Waals surface area contributed by atoms with E-state index in [2.05, 4.69) is 10.6 Å². The van der Waals surface area contributed by atoms with Crippen molar-refractivity contribution in [2.45, 2.75) is 90.3 Å². The molecule has 2 rings (SSSR count). The lowest BCUT2D eigenvalue weighted by molar-refractivity contribution is -0.134. The Hall–Kier alpha value is -2.72. The number of cyclic esters (lactones) is 1. The number of carbonyl (C=O) groups is 3. The summed E-state index contributed by atoms with van der Waals surface area (Å²) in [7, 11) is -0.830. The summed E-state index contributed by atoms with van der Waals surface area (Å²) in [4.78, 5) is 41.5. The summed E-state index contributed by atoms with van der Waals surface area (Å²) in [5.41, 5.74) is 1.01. The highest BCUT2D eigenvalue weighted by Gasteiger charge is 2.43. The molecule has 1 aliphatic heterocycles. The Morgan fingerprint density at radius 3 is 2.33 bits per heavy atom. The van der Waals surface area contributed by atoms with Crippen molar-refractivity contribution in [1.29, 1.82) is 0 Å². The Morgan fingerprint density at radius 1 is 1.09 bits per heavy atom. The summed E-state index contributed by atoms with van der Waals surface area (Å²) in [5.74, 6) is -3.19. The highest BCUT2D eigenvalue weighted by atomic mass is 31.2. The van der Waals surface area contributed by atoms with Gasteiger partial charge in [-0.2, -0.15) is 0 Å². The van der Waals surface area contributed by atoms with Gasteiger partial charge in [0.2, 0.25) is 11.8 Å². The van der Waals surface area contributed by atoms with Gasteiger partial charge in [-0.05, 0) is 57.4 Å². The molecule has 0 aliphatic carbocycles. The predicted octanol–water partition coefficient (Wildman–Crippen LogP) is 4.64. The average Bonchev–Trinajstić information content (AvgIpc) is 2.94. The third-order valence-corrected chi connectivity index (χ3v) is 9.34. The van der Waals surface area contributed by atoms with E-state index in [4.69, 9.17) is 13.8 Å². The number of rotatable bonds is 11. The lowest BCUT2D eigenvalue weighted by Gasteiger charge is -2.33. The van der Waals surface area contributed by atoms with Gasteiger partial charge < -0.3 is 34.4 Å². The smallest absolute Gasteiger partial charge is 0.408 e. The molecule has 242 valence electrons. The fourth-order valence-corrected chi connectivity index (χ4v) is 6.79. The van der Waals surface area contributed by atoms with E-state index < -0.39 is 49.5 Å². The van der Waals surface area contributed by atoms with Gasteiger partial charge in [0, 0.05) is 26.4 Å². The van der Waals surface area contributed by atoms with Gasteiger partial charge >= 0.3 is 13.7 Å². The number of aliphatic hydroxyl groups is 1. The fourth-order valence-electron chi connectivity index (χ4n) is 5.05. The standard InChI is InChI=1S/C31H50N3O8P/c1-7-40-43(39,41-8-2)30(37)27-21-24(29(36)34(5)6)17-13-10-14-18-25(20-23-15-11-9-12-16-23)42-31(38)33-26(19-22(3)4)28(35)32-27/h9-13,15-16,22,24-27,30,37H,7-8,14,17-21H2,1-6H3,(H,32,35)(H,33,38)/t24?,25?,26-,27-,30?/m0/s1. The van der Waals surface area contributed by atoms with E-state index in [1.165, 1.54) is 4.90 Å². The first kappa shape index (κ1) is 36.5. The molecule has 1 aliphatic rings. The molecule has 0 saturated heterocycles. The second-order valence-corrected chi connectivity index (χ2v) is 13.5. The average molecular weight is 624 g/mol. The number of carbonyl (C=O) groups excluding carboxylic acids is 3. The maximum atomic E-state index is 13.7. The van der Waals surface area contributed by atoms with Gasteiger partial charge in [0.1, 0.15) is 12.1 Å². The van der Waals surface area contributed by atoms with Gasteiger partial charge in [-0.3, -0.25) is 14.2 Å². The van der Waals surface area contributed by atoms with Crippen LogP contribution in [0.15, 0.2) is 42.5 Å². The summed E-state index contributed by atoms with van der Waals surface area (Å²) >= 11 is 0. The molecule has 1 aromatic carbocycles. The molecule has 11 nitrogen and oxygen atoms in total. The van der Waals surface area contributed by atoms with Crippen LogP contribution in [-0.2, 0) is 34.4 Å². The zero-order valence-electron chi connectivity index (χ0n) is 26.4. The summed E-state index contributed by atoms with van der Waals surface area (Å²) in [5, 5.41) is 16.9. The minimum absolute atomic E-state index is 0.00528. The zero-order chi connectivity index (χ0) is 32.0. The normalized spacial score (nSPS) is 23.3. The maximum Gasteiger partial charge on any atom is 0.408 e. The number of allylic oxidation sites excluding steroid dienone is 2. The van der Waals surface area contributed by atoms with Crippen LogP contribution in [0.3, 0.4) is 0 Å². The number of alkyl carbamates (subject to hydrolysis) is 1. The van der Waals surface area contributed by atoms with Crippen LogP contribution in [0.2, 0.25) is 0 Å². The van der Waals surface area contributed by atoms with E-state index in [0.29, 0.717) is 25.7 Å². The Morgan fingerprint density at radius 2 is 1.74 bits per heavy atom. The maximum absolute atomic E-state index is 13.7. The quantitative estimate of drug-likeness (QED) is 0.239. The molecule has 5 atom stereocenters. The SMILES string of the molecule is CCOP(=O)(OCC)C(O)[C@@H]1CC(C(=O)N(C)C)CC=CCCC(Cc2ccccc2)OC(=O)N[C@@H](CC(C)C)C(=O)N1. The molecule has 3 amide bonds. The summed E-state index contributed by atoms with van der Waals surface area (Å²) < 4.78 is 30.2. The van der Waals surface area contributed by atoms with Crippen LogP contribution in [0.5, 0.6) is 0 Å². The molecule has 1 aromatic rings. The first-order valence-corrected chi connectivity index (χ1v) is 16.8. The van der Waals surface area contributed by atoms with Gasteiger partial charge in [-0.15, -0.1) is 0 Å². The van der Waals surface area contributed by atoms with Crippen molar-refractivity contribution in [2.75, 3.05) is 27.3 Å². The van der Waals surface area contributed by atoms with Crippen molar-refractivity contribution in [3.8, 4) is 0 Å². The van der Waals surface area contributed by atoms with Crippen LogP contribution in [0, 0.1) is 11.8 Å². The lowest BCUT2D eigenvalue weighted by Crippen LogP contribution is -2.54. The second-order valence-electron chi connectivity index (χ2n) is 11.4. The van der Waals surface area contributed by atoms with E-state index in [1.807, 2.05) is 56.3 Å². The Kier molecular flexibility index (Phi) is 15.4. The van der Waals surface area contributed by atoms with Crippen LogP contribution in [0.4, 0.5) is 4.79 Å². The van der Waals surface area contributed by atoms with E-state index in [1.54, 1.807) is 27.9 Å². The molecular weight excluding hydrogens is 573 g/mol. The highest BCUT2D eigenvalue weighted by molar-refractivity contribution is 7.54. The summed E-state index contributed by atoms with van der Waals surface area (Å²) in [6.45, 7) is 7.08. The minimum Gasteiger partial charge on any atom is -0.446 e. The minimum atomic E-state index is -4.10. The topological polar surface area (TPSA) is 144 Å². The number of hydrogen-bond acceptors (Lipinski definition) is 8. The zero-order valence-corrected chi connectivity index (χ0v) is 27.3. The van der Waals surface area contributed by atoms with Crippen molar-refractivity contribution < 1.29 is 37.8 Å². The van der Waals surface area contributed by atoms with Crippen LogP contribution < -0.4 is 10.6 Å². The molecule has 0 aromatic heterocycles. The highest BCUT2D eigenvalue weighted by Crippen LogP contribution is 2.53. The number of ether oxygens (including phenoxy) is 1. The van der Waals surface area contributed by atoms with Gasteiger partial charge in [0.15, 0.2) is 5.85 Å². The third kappa shape index (κ3) is 12.1. The molecule has 0 bridgehead atoms. The number of hydrogen-bond donors (Lipinski definition) is 3. The van der Waals surface area contributed by atoms with Crippen LogP contribution in [0.1, 0.15) is 65.4 Å². The number of nitrogens with one attached hydrogen (secondary N) is 2.